The molecule has 3 N–H and O–H groups in total. The van der Waals surface area contributed by atoms with E-state index in [-0.39, 0.29) is 11.4 Å². The molecule has 0 aliphatic heterocycles. The molecule has 0 heterocycles. The van der Waals surface area contributed by atoms with Crippen LogP contribution in [0.5, 0.6) is 5.75 Å². The van der Waals surface area contributed by atoms with Gasteiger partial charge in [-0.2, -0.15) is 0 Å². The first-order valence-corrected chi connectivity index (χ1v) is 3.50. The minimum absolute atomic E-state index is 0.0396. The van der Waals surface area contributed by atoms with E-state index in [2.05, 4.69) is 10.5 Å². The summed E-state index contributed by atoms with van der Waals surface area (Å²) in [6.07, 6.45) is 0.701. The van der Waals surface area contributed by atoms with Crippen molar-refractivity contribution in [2.75, 3.05) is 5.32 Å². The van der Waals surface area contributed by atoms with Crippen LogP contribution in [0.3, 0.4) is 0 Å². The molecule has 0 aliphatic rings. The fourth-order valence-corrected chi connectivity index (χ4v) is 0.797. The molecule has 5 nitrogen and oxygen atoms in total. The summed E-state index contributed by atoms with van der Waals surface area (Å²) in [5.74, 6) is -0.647. The lowest BCUT2D eigenvalue weighted by Gasteiger charge is -2.02. The van der Waals surface area contributed by atoms with E-state index < -0.39 is 5.91 Å². The zero-order chi connectivity index (χ0) is 9.68. The molecule has 1 amide bonds. The van der Waals surface area contributed by atoms with Gasteiger partial charge in [-0.25, -0.2) is 0 Å². The predicted molar refractivity (Wildman–Crippen MR) is 47.0 cm³/mol. The van der Waals surface area contributed by atoms with Crippen LogP contribution in [0.25, 0.3) is 0 Å². The Bertz CT molecular complexity index is 336. The van der Waals surface area contributed by atoms with Crippen molar-refractivity contribution < 1.29 is 15.1 Å². The number of nitrogens with zero attached hydrogens (tertiary/aromatic N) is 1. The van der Waals surface area contributed by atoms with Crippen LogP contribution in [0.1, 0.15) is 0 Å². The molecular formula is C8H8N2O3. The molecule has 0 saturated heterocycles. The van der Waals surface area contributed by atoms with Gasteiger partial charge in [-0.1, -0.05) is 17.3 Å². The van der Waals surface area contributed by atoms with Crippen LogP contribution in [0.4, 0.5) is 5.69 Å². The van der Waals surface area contributed by atoms with Crippen molar-refractivity contribution in [3.8, 4) is 5.75 Å². The van der Waals surface area contributed by atoms with Crippen molar-refractivity contribution in [2.45, 2.75) is 0 Å². The molecule has 0 spiro atoms. The molecule has 1 aromatic carbocycles. The number of nitrogens with one attached hydrogen (secondary N) is 1. The van der Waals surface area contributed by atoms with Crippen molar-refractivity contribution in [1.29, 1.82) is 0 Å². The van der Waals surface area contributed by atoms with Gasteiger partial charge < -0.3 is 15.6 Å². The van der Waals surface area contributed by atoms with Gasteiger partial charge in [0.1, 0.15) is 12.0 Å². The van der Waals surface area contributed by atoms with Crippen molar-refractivity contribution in [3.05, 3.63) is 24.3 Å². The number of anilines is 1. The summed E-state index contributed by atoms with van der Waals surface area (Å²) in [6, 6.07) is 6.25. The minimum atomic E-state index is -0.607. The molecule has 0 bridgehead atoms. The Labute approximate surface area is 74.3 Å². The fourth-order valence-electron chi connectivity index (χ4n) is 0.797. The number of phenolic OH excluding ortho intramolecular Hbond substituents is 1. The van der Waals surface area contributed by atoms with Crippen LogP contribution in [-0.4, -0.2) is 22.4 Å². The van der Waals surface area contributed by atoms with Crippen molar-refractivity contribution in [3.63, 3.8) is 0 Å². The van der Waals surface area contributed by atoms with E-state index in [1.165, 1.54) is 12.1 Å². The highest BCUT2D eigenvalue weighted by Gasteiger charge is 2.02. The highest BCUT2D eigenvalue weighted by Crippen LogP contribution is 2.20. The summed E-state index contributed by atoms with van der Waals surface area (Å²) in [5, 5.41) is 22.1. The molecule has 5 heteroatoms. The number of carbonyl (C=O) groups excluding carboxylic acids is 1. The number of phenols is 1. The number of para-hydroxylation sites is 2. The van der Waals surface area contributed by atoms with E-state index in [0.717, 1.165) is 0 Å². The van der Waals surface area contributed by atoms with Crippen LogP contribution < -0.4 is 5.32 Å². The average Bonchev–Trinajstić information content (AvgIpc) is 2.09. The second kappa shape index (κ2) is 4.10. The number of amides is 1. The van der Waals surface area contributed by atoms with Gasteiger partial charge in [0, 0.05) is 0 Å². The van der Waals surface area contributed by atoms with E-state index in [0.29, 0.717) is 6.21 Å². The van der Waals surface area contributed by atoms with E-state index in [1.54, 1.807) is 12.1 Å². The molecule has 0 radical (unpaired) electrons. The number of benzene rings is 1. The number of rotatable bonds is 2. The maximum atomic E-state index is 10.8. The summed E-state index contributed by atoms with van der Waals surface area (Å²) >= 11 is 0. The first-order valence-electron chi connectivity index (χ1n) is 3.50. The van der Waals surface area contributed by atoms with E-state index in [9.17, 15) is 9.90 Å². The van der Waals surface area contributed by atoms with E-state index in [4.69, 9.17) is 5.21 Å². The molecule has 0 fully saturated rings. The Morgan fingerprint density at radius 2 is 2.15 bits per heavy atom. The van der Waals surface area contributed by atoms with Crippen molar-refractivity contribution >= 4 is 17.8 Å². The lowest BCUT2D eigenvalue weighted by Crippen LogP contribution is -2.12. The second-order valence-corrected chi connectivity index (χ2v) is 2.25. The standard InChI is InChI=1S/C8H8N2O3/c11-7-4-2-1-3-6(7)10-8(12)5-9-13/h1-5,11,13H,(H,10,12)/b9-5-. The highest BCUT2D eigenvalue weighted by molar-refractivity contribution is 6.31. The molecule has 0 atom stereocenters. The lowest BCUT2D eigenvalue weighted by molar-refractivity contribution is -0.110. The van der Waals surface area contributed by atoms with E-state index in [1.807, 2.05) is 0 Å². The van der Waals surface area contributed by atoms with E-state index >= 15 is 0 Å². The van der Waals surface area contributed by atoms with Crippen molar-refractivity contribution in [2.24, 2.45) is 5.16 Å². The molecule has 68 valence electrons. The molecule has 0 aromatic heterocycles. The third kappa shape index (κ3) is 2.48. The predicted octanol–water partition coefficient (Wildman–Crippen LogP) is 0.791. The Morgan fingerprint density at radius 3 is 2.77 bits per heavy atom. The van der Waals surface area contributed by atoms with Gasteiger partial charge in [0.05, 0.1) is 5.69 Å². The third-order valence-electron chi connectivity index (χ3n) is 1.34. The van der Waals surface area contributed by atoms with Crippen LogP contribution in [-0.2, 0) is 4.79 Å². The second-order valence-electron chi connectivity index (χ2n) is 2.25. The van der Waals surface area contributed by atoms with Gasteiger partial charge in [-0.15, -0.1) is 0 Å². The van der Waals surface area contributed by atoms with Crippen LogP contribution >= 0.6 is 0 Å². The van der Waals surface area contributed by atoms with Gasteiger partial charge >= 0.3 is 0 Å². The molecular weight excluding hydrogens is 172 g/mol. The summed E-state index contributed by atoms with van der Waals surface area (Å²) in [4.78, 5) is 10.8. The summed E-state index contributed by atoms with van der Waals surface area (Å²) < 4.78 is 0. The zero-order valence-corrected chi connectivity index (χ0v) is 6.64. The van der Waals surface area contributed by atoms with Crippen LogP contribution in [0.15, 0.2) is 29.4 Å². The van der Waals surface area contributed by atoms with Crippen LogP contribution in [0.2, 0.25) is 0 Å². The Kier molecular flexibility index (Phi) is 2.86. The number of oxime groups is 1. The largest absolute Gasteiger partial charge is 0.506 e. The first kappa shape index (κ1) is 9.05. The Hall–Kier alpha value is -2.04. The molecule has 0 saturated carbocycles. The summed E-state index contributed by atoms with van der Waals surface area (Å²) in [5.41, 5.74) is 0.271. The smallest absolute Gasteiger partial charge is 0.270 e. The molecule has 1 aromatic rings. The molecule has 13 heavy (non-hydrogen) atoms. The molecule has 0 unspecified atom stereocenters. The normalized spacial score (nSPS) is 10.2. The maximum absolute atomic E-state index is 10.8. The van der Waals surface area contributed by atoms with Gasteiger partial charge in [0.2, 0.25) is 0 Å². The minimum Gasteiger partial charge on any atom is -0.506 e. The number of aromatic hydroxyl groups is 1. The molecule has 0 aliphatic carbocycles. The van der Waals surface area contributed by atoms with Gasteiger partial charge in [0.15, 0.2) is 0 Å². The quantitative estimate of drug-likeness (QED) is 0.272. The fraction of sp³-hybridized carbons (Fsp3) is 0. The number of hydrogen-bond acceptors (Lipinski definition) is 4. The summed E-state index contributed by atoms with van der Waals surface area (Å²) in [6.45, 7) is 0. The monoisotopic (exact) mass is 180 g/mol. The third-order valence-corrected chi connectivity index (χ3v) is 1.34. The number of hydrogen-bond donors (Lipinski definition) is 3. The van der Waals surface area contributed by atoms with Gasteiger partial charge in [-0.3, -0.25) is 4.79 Å². The lowest BCUT2D eigenvalue weighted by atomic mass is 10.3. The topological polar surface area (TPSA) is 81.9 Å². The Morgan fingerprint density at radius 1 is 1.46 bits per heavy atom. The van der Waals surface area contributed by atoms with Gasteiger partial charge in [-0.05, 0) is 12.1 Å². The number of carbonyl (C=O) groups is 1. The molecule has 1 rings (SSSR count). The average molecular weight is 180 g/mol. The SMILES string of the molecule is O=C(/C=N\O)Nc1ccccc1O. The van der Waals surface area contributed by atoms with Crippen molar-refractivity contribution in [1.82, 2.24) is 0 Å². The zero-order valence-electron chi connectivity index (χ0n) is 6.64. The first-order chi connectivity index (χ1) is 6.24. The Balaban J connectivity index is 2.74. The van der Waals surface area contributed by atoms with Gasteiger partial charge in [0.25, 0.3) is 5.91 Å². The summed E-state index contributed by atoms with van der Waals surface area (Å²) in [7, 11) is 0. The highest BCUT2D eigenvalue weighted by atomic mass is 16.4. The maximum Gasteiger partial charge on any atom is 0.270 e. The van der Waals surface area contributed by atoms with Crippen LogP contribution in [0, 0.1) is 0 Å².